The average Bonchev–Trinajstić information content (AvgIpc) is 1.89. The van der Waals surface area contributed by atoms with Crippen molar-refractivity contribution in [3.8, 4) is 0 Å². The van der Waals surface area contributed by atoms with Crippen LogP contribution in [0.4, 0.5) is 0 Å². The molecule has 60 valence electrons. The van der Waals surface area contributed by atoms with Crippen molar-refractivity contribution in [2.75, 3.05) is 0 Å². The third kappa shape index (κ3) is 28.3. The first-order chi connectivity index (χ1) is 4.54. The Balaban J connectivity index is 0. The highest BCUT2D eigenvalue weighted by Gasteiger charge is 1.71. The molecule has 4 heteroatoms. The van der Waals surface area contributed by atoms with E-state index in [4.69, 9.17) is 22.3 Å². The molecule has 0 radical (unpaired) electrons. The van der Waals surface area contributed by atoms with Gasteiger partial charge in [0, 0.05) is 12.8 Å². The molecule has 6 N–H and O–H groups in total. The number of amidine groups is 2. The first-order valence-corrected chi connectivity index (χ1v) is 3.20. The molecule has 0 saturated carbocycles. The summed E-state index contributed by atoms with van der Waals surface area (Å²) in [6.45, 7) is 3.70. The summed E-state index contributed by atoms with van der Waals surface area (Å²) >= 11 is 0. The van der Waals surface area contributed by atoms with E-state index < -0.39 is 0 Å². The Morgan fingerprint density at radius 3 is 1.10 bits per heavy atom. The van der Waals surface area contributed by atoms with Gasteiger partial charge >= 0.3 is 0 Å². The van der Waals surface area contributed by atoms with Crippen molar-refractivity contribution in [3.63, 3.8) is 0 Å². The Bertz CT molecular complexity index is 94.3. The van der Waals surface area contributed by atoms with E-state index in [0.717, 1.165) is 0 Å². The number of nitrogens with two attached hydrogens (primary N) is 2. The van der Waals surface area contributed by atoms with Crippen LogP contribution in [0, 0.1) is 10.8 Å². The van der Waals surface area contributed by atoms with E-state index in [1.807, 2.05) is 13.8 Å². The molecule has 0 spiro atoms. The fourth-order valence-corrected chi connectivity index (χ4v) is 0. The first-order valence-electron chi connectivity index (χ1n) is 3.20. The molecule has 10 heavy (non-hydrogen) atoms. The monoisotopic (exact) mass is 144 g/mol. The summed E-state index contributed by atoms with van der Waals surface area (Å²) in [5, 5.41) is 13.0. The van der Waals surface area contributed by atoms with Gasteiger partial charge in [-0.15, -0.1) is 0 Å². The maximum atomic E-state index is 6.52. The lowest BCUT2D eigenvalue weighted by Crippen LogP contribution is -2.05. The third-order valence-electron chi connectivity index (χ3n) is 0.762. The van der Waals surface area contributed by atoms with Crippen molar-refractivity contribution in [2.45, 2.75) is 26.7 Å². The van der Waals surface area contributed by atoms with Crippen LogP contribution in [0.5, 0.6) is 0 Å². The molecule has 0 bridgehead atoms. The lowest BCUT2D eigenvalue weighted by atomic mass is 10.5. The second-order valence-electron chi connectivity index (χ2n) is 1.76. The van der Waals surface area contributed by atoms with Gasteiger partial charge in [0.05, 0.1) is 11.7 Å². The van der Waals surface area contributed by atoms with E-state index in [1.165, 1.54) is 0 Å². The molecule has 0 saturated heterocycles. The highest BCUT2D eigenvalue weighted by Crippen LogP contribution is 1.64. The van der Waals surface area contributed by atoms with Crippen molar-refractivity contribution in [3.05, 3.63) is 0 Å². The van der Waals surface area contributed by atoms with E-state index >= 15 is 0 Å². The summed E-state index contributed by atoms with van der Waals surface area (Å²) in [5.41, 5.74) is 9.75. The predicted molar refractivity (Wildman–Crippen MR) is 44.4 cm³/mol. The second kappa shape index (κ2) is 7.94. The van der Waals surface area contributed by atoms with Gasteiger partial charge in [-0.1, -0.05) is 13.8 Å². The molecule has 0 amide bonds. The van der Waals surface area contributed by atoms with Crippen LogP contribution in [-0.2, 0) is 0 Å². The summed E-state index contributed by atoms with van der Waals surface area (Å²) in [5.74, 6) is 0.509. The smallest absolute Gasteiger partial charge is 0.0902 e. The van der Waals surface area contributed by atoms with Crippen LogP contribution >= 0.6 is 0 Å². The number of rotatable bonds is 2. The van der Waals surface area contributed by atoms with Crippen LogP contribution in [0.15, 0.2) is 0 Å². The molecular weight excluding hydrogens is 128 g/mol. The van der Waals surface area contributed by atoms with Crippen LogP contribution in [-0.4, -0.2) is 11.7 Å². The van der Waals surface area contributed by atoms with Crippen molar-refractivity contribution in [1.29, 1.82) is 10.8 Å². The minimum absolute atomic E-state index is 0.255. The molecule has 0 aromatic rings. The molecule has 0 aliphatic heterocycles. The first kappa shape index (κ1) is 11.7. The molecule has 0 heterocycles. The van der Waals surface area contributed by atoms with Gasteiger partial charge in [-0.3, -0.25) is 10.8 Å². The molecule has 0 aromatic heterocycles. The summed E-state index contributed by atoms with van der Waals surface area (Å²) in [7, 11) is 0. The topological polar surface area (TPSA) is 99.7 Å². The van der Waals surface area contributed by atoms with E-state index in [2.05, 4.69) is 0 Å². The Morgan fingerprint density at radius 1 is 1.00 bits per heavy atom. The molecule has 0 aliphatic rings. The van der Waals surface area contributed by atoms with Gasteiger partial charge in [-0.25, -0.2) is 0 Å². The molecule has 0 aliphatic carbocycles. The lowest BCUT2D eigenvalue weighted by molar-refractivity contribution is 1.21. The van der Waals surface area contributed by atoms with Crippen molar-refractivity contribution in [2.24, 2.45) is 11.5 Å². The fraction of sp³-hybridized carbons (Fsp3) is 0.667. The highest BCUT2D eigenvalue weighted by atomic mass is 14.7. The van der Waals surface area contributed by atoms with E-state index in [1.54, 1.807) is 0 Å². The fourth-order valence-electron chi connectivity index (χ4n) is 0. The van der Waals surface area contributed by atoms with Gasteiger partial charge in [0.2, 0.25) is 0 Å². The summed E-state index contributed by atoms with van der Waals surface area (Å²) < 4.78 is 0. The van der Waals surface area contributed by atoms with Crippen LogP contribution in [0.2, 0.25) is 0 Å². The van der Waals surface area contributed by atoms with Gasteiger partial charge in [0.15, 0.2) is 0 Å². The quantitative estimate of drug-likeness (QED) is 0.338. The number of nitrogens with one attached hydrogen (secondary N) is 2. The molecule has 0 aromatic carbocycles. The average molecular weight is 144 g/mol. The maximum Gasteiger partial charge on any atom is 0.0902 e. The van der Waals surface area contributed by atoms with Gasteiger partial charge in [0.25, 0.3) is 0 Å². The van der Waals surface area contributed by atoms with E-state index in [-0.39, 0.29) is 11.7 Å². The molecule has 4 nitrogen and oxygen atoms in total. The molecule has 0 unspecified atom stereocenters. The van der Waals surface area contributed by atoms with E-state index in [9.17, 15) is 0 Å². The van der Waals surface area contributed by atoms with Crippen LogP contribution in [0.1, 0.15) is 26.7 Å². The molecule has 0 rings (SSSR count). The third-order valence-corrected chi connectivity index (χ3v) is 0.762. The number of hydrogen-bond donors (Lipinski definition) is 4. The predicted octanol–water partition coefficient (Wildman–Crippen LogP) is 0.665. The highest BCUT2D eigenvalue weighted by molar-refractivity contribution is 5.76. The zero-order chi connectivity index (χ0) is 8.57. The molecular formula is C6H16N4. The van der Waals surface area contributed by atoms with Crippen LogP contribution < -0.4 is 11.5 Å². The Hall–Kier alpha value is -1.06. The second-order valence-corrected chi connectivity index (χ2v) is 1.76. The molecule has 0 fully saturated rings. The van der Waals surface area contributed by atoms with Gasteiger partial charge in [-0.2, -0.15) is 0 Å². The Labute approximate surface area is 61.6 Å². The van der Waals surface area contributed by atoms with Crippen molar-refractivity contribution >= 4 is 11.7 Å². The number of hydrogen-bond acceptors (Lipinski definition) is 2. The molecule has 0 atom stereocenters. The van der Waals surface area contributed by atoms with Crippen molar-refractivity contribution < 1.29 is 0 Å². The largest absolute Gasteiger partial charge is 0.388 e. The normalized spacial score (nSPS) is 7.40. The zero-order valence-corrected chi connectivity index (χ0v) is 6.57. The minimum Gasteiger partial charge on any atom is -0.388 e. The minimum atomic E-state index is 0.255. The van der Waals surface area contributed by atoms with Crippen molar-refractivity contribution in [1.82, 2.24) is 0 Å². The SMILES string of the molecule is CCC(=N)N.CCC(=N)N. The van der Waals surface area contributed by atoms with Crippen LogP contribution in [0.3, 0.4) is 0 Å². The standard InChI is InChI=1S/2C3H8N2/c2*1-2-3(4)5/h2*2H2,1H3,(H3,4,5). The van der Waals surface area contributed by atoms with Crippen LogP contribution in [0.25, 0.3) is 0 Å². The van der Waals surface area contributed by atoms with Gasteiger partial charge in [-0.05, 0) is 0 Å². The zero-order valence-electron chi connectivity index (χ0n) is 6.57. The van der Waals surface area contributed by atoms with Gasteiger partial charge in [0.1, 0.15) is 0 Å². The maximum absolute atomic E-state index is 6.52. The summed E-state index contributed by atoms with van der Waals surface area (Å²) in [6.07, 6.45) is 1.33. The van der Waals surface area contributed by atoms with E-state index in [0.29, 0.717) is 12.8 Å². The lowest BCUT2D eigenvalue weighted by Gasteiger charge is -1.79. The summed E-state index contributed by atoms with van der Waals surface area (Å²) in [6, 6.07) is 0. The van der Waals surface area contributed by atoms with Gasteiger partial charge < -0.3 is 11.5 Å². The Morgan fingerprint density at radius 2 is 1.10 bits per heavy atom. The summed E-state index contributed by atoms with van der Waals surface area (Å²) in [4.78, 5) is 0. The Kier molecular flexibility index (Phi) is 9.29.